The zero-order valence-electron chi connectivity index (χ0n) is 15.9. The van der Waals surface area contributed by atoms with Crippen molar-refractivity contribution in [3.8, 4) is 0 Å². The molecular weight excluding hydrogens is 333 g/mol. The summed E-state index contributed by atoms with van der Waals surface area (Å²) < 4.78 is 42.4. The fourth-order valence-corrected chi connectivity index (χ4v) is 4.69. The van der Waals surface area contributed by atoms with Crippen molar-refractivity contribution in [2.45, 2.75) is 89.9 Å². The Morgan fingerprint density at radius 1 is 0.885 bits per heavy atom. The Morgan fingerprint density at radius 2 is 1.58 bits per heavy atom. The van der Waals surface area contributed by atoms with E-state index in [0.29, 0.717) is 17.5 Å². The predicted molar refractivity (Wildman–Crippen MR) is 102 cm³/mol. The van der Waals surface area contributed by atoms with Crippen molar-refractivity contribution in [1.29, 1.82) is 0 Å². The average Bonchev–Trinajstić information content (AvgIpc) is 3.02. The summed E-state index contributed by atoms with van der Waals surface area (Å²) in [5, 5.41) is 0. The van der Waals surface area contributed by atoms with E-state index in [1.807, 2.05) is 0 Å². The normalized spacial score (nSPS) is 22.4. The summed E-state index contributed by atoms with van der Waals surface area (Å²) in [5.41, 5.74) is 0.927. The van der Waals surface area contributed by atoms with E-state index in [-0.39, 0.29) is 11.5 Å². The van der Waals surface area contributed by atoms with Crippen molar-refractivity contribution in [2.24, 2.45) is 5.92 Å². The maximum absolute atomic E-state index is 14.5. The van der Waals surface area contributed by atoms with Gasteiger partial charge in [-0.05, 0) is 61.1 Å². The molecule has 0 spiro atoms. The Balaban J connectivity index is 1.51. The number of hydrogen-bond acceptors (Lipinski definition) is 0. The molecule has 0 aliphatic heterocycles. The van der Waals surface area contributed by atoms with Gasteiger partial charge in [0.2, 0.25) is 0 Å². The van der Waals surface area contributed by atoms with Crippen molar-refractivity contribution in [3.05, 3.63) is 40.5 Å². The van der Waals surface area contributed by atoms with Crippen molar-refractivity contribution in [3.63, 3.8) is 0 Å². The molecule has 144 valence electrons. The molecule has 0 heterocycles. The fourth-order valence-electron chi connectivity index (χ4n) is 4.69. The lowest BCUT2D eigenvalue weighted by Crippen LogP contribution is -2.15. The van der Waals surface area contributed by atoms with Gasteiger partial charge in [0, 0.05) is 0 Å². The molecule has 0 bridgehead atoms. The highest BCUT2D eigenvalue weighted by atomic mass is 19.2. The first-order chi connectivity index (χ1) is 12.6. The second-order valence-electron chi connectivity index (χ2n) is 8.16. The maximum Gasteiger partial charge on any atom is 0.169 e. The molecule has 1 fully saturated rings. The van der Waals surface area contributed by atoms with Crippen LogP contribution in [0.25, 0.3) is 5.83 Å². The zero-order valence-corrected chi connectivity index (χ0v) is 15.9. The van der Waals surface area contributed by atoms with Crippen LogP contribution >= 0.6 is 0 Å². The Kier molecular flexibility index (Phi) is 6.83. The summed E-state index contributed by atoms with van der Waals surface area (Å²) in [7, 11) is 0. The largest absolute Gasteiger partial charge is 0.207 e. The quantitative estimate of drug-likeness (QED) is 0.412. The number of benzene rings is 1. The molecule has 1 saturated carbocycles. The molecule has 0 nitrogen and oxygen atoms in total. The molecule has 2 aliphatic carbocycles. The van der Waals surface area contributed by atoms with E-state index >= 15 is 0 Å². The Bertz CT molecular complexity index is 639. The molecule has 0 radical (unpaired) electrons. The zero-order chi connectivity index (χ0) is 18.5. The highest BCUT2D eigenvalue weighted by Gasteiger charge is 2.29. The molecule has 1 aromatic rings. The standard InChI is InChI=1S/C23H31F3/c1-2-3-4-5-6-7-8-16-9-11-17(12-10-16)19-15-18-13-14-20(24)21(18)23(26)22(19)25/h14-17H,2-13H2,1H3. The molecule has 3 heteroatoms. The van der Waals surface area contributed by atoms with Crippen molar-refractivity contribution in [2.75, 3.05) is 0 Å². The van der Waals surface area contributed by atoms with Gasteiger partial charge in [-0.1, -0.05) is 57.9 Å². The van der Waals surface area contributed by atoms with Crippen LogP contribution in [-0.2, 0) is 6.42 Å². The Morgan fingerprint density at radius 3 is 2.31 bits per heavy atom. The maximum atomic E-state index is 14.5. The summed E-state index contributed by atoms with van der Waals surface area (Å²) in [6, 6.07) is 1.72. The summed E-state index contributed by atoms with van der Waals surface area (Å²) in [6.07, 6.45) is 15.0. The lowest BCUT2D eigenvalue weighted by molar-refractivity contribution is 0.297. The topological polar surface area (TPSA) is 0 Å². The van der Waals surface area contributed by atoms with E-state index in [0.717, 1.165) is 31.6 Å². The number of unbranched alkanes of at least 4 members (excludes halogenated alkanes) is 5. The summed E-state index contributed by atoms with van der Waals surface area (Å²) in [6.45, 7) is 2.24. The minimum absolute atomic E-state index is 0.0827. The monoisotopic (exact) mass is 364 g/mol. The summed E-state index contributed by atoms with van der Waals surface area (Å²) >= 11 is 0. The second-order valence-corrected chi connectivity index (χ2v) is 8.16. The number of halogens is 3. The highest BCUT2D eigenvalue weighted by Crippen LogP contribution is 2.42. The molecule has 0 unspecified atom stereocenters. The van der Waals surface area contributed by atoms with Crippen LogP contribution in [0, 0.1) is 17.6 Å². The molecule has 2 aliphatic rings. The third-order valence-electron chi connectivity index (χ3n) is 6.31. The first kappa shape index (κ1) is 19.5. The van der Waals surface area contributed by atoms with Gasteiger partial charge >= 0.3 is 0 Å². The summed E-state index contributed by atoms with van der Waals surface area (Å²) in [5.74, 6) is -1.62. The lowest BCUT2D eigenvalue weighted by Gasteiger charge is -2.29. The number of fused-ring (bicyclic) bond motifs is 1. The van der Waals surface area contributed by atoms with E-state index < -0.39 is 17.5 Å². The van der Waals surface area contributed by atoms with Gasteiger partial charge < -0.3 is 0 Å². The van der Waals surface area contributed by atoms with Crippen LogP contribution in [0.4, 0.5) is 13.2 Å². The molecule has 0 atom stereocenters. The molecule has 0 N–H and O–H groups in total. The number of allylic oxidation sites excluding steroid dienone is 1. The highest BCUT2D eigenvalue weighted by molar-refractivity contribution is 5.69. The smallest absolute Gasteiger partial charge is 0.169 e. The van der Waals surface area contributed by atoms with Crippen molar-refractivity contribution >= 4 is 5.83 Å². The van der Waals surface area contributed by atoms with E-state index in [1.54, 1.807) is 6.07 Å². The fraction of sp³-hybridized carbons (Fsp3) is 0.652. The van der Waals surface area contributed by atoms with Crippen LogP contribution in [0.2, 0.25) is 0 Å². The van der Waals surface area contributed by atoms with E-state index in [9.17, 15) is 13.2 Å². The van der Waals surface area contributed by atoms with Gasteiger partial charge in [-0.3, -0.25) is 0 Å². The van der Waals surface area contributed by atoms with Gasteiger partial charge in [-0.15, -0.1) is 0 Å². The minimum Gasteiger partial charge on any atom is -0.207 e. The van der Waals surface area contributed by atoms with Crippen LogP contribution in [-0.4, -0.2) is 0 Å². The van der Waals surface area contributed by atoms with Gasteiger partial charge in [0.15, 0.2) is 11.6 Å². The molecule has 1 aromatic carbocycles. The lowest BCUT2D eigenvalue weighted by atomic mass is 9.76. The second kappa shape index (κ2) is 9.10. The Labute approximate surface area is 155 Å². The molecular formula is C23H31F3. The first-order valence-corrected chi connectivity index (χ1v) is 10.5. The predicted octanol–water partition coefficient (Wildman–Crippen LogP) is 7.86. The van der Waals surface area contributed by atoms with Gasteiger partial charge in [0.25, 0.3) is 0 Å². The van der Waals surface area contributed by atoms with Crippen LogP contribution in [0.5, 0.6) is 0 Å². The third kappa shape index (κ3) is 4.35. The number of hydrogen-bond donors (Lipinski definition) is 0. The molecule has 26 heavy (non-hydrogen) atoms. The van der Waals surface area contributed by atoms with Crippen molar-refractivity contribution < 1.29 is 13.2 Å². The first-order valence-electron chi connectivity index (χ1n) is 10.5. The minimum atomic E-state index is -0.988. The van der Waals surface area contributed by atoms with Gasteiger partial charge in [-0.2, -0.15) is 0 Å². The van der Waals surface area contributed by atoms with Gasteiger partial charge in [-0.25, -0.2) is 13.2 Å². The molecule has 0 aromatic heterocycles. The van der Waals surface area contributed by atoms with Crippen LogP contribution in [0.1, 0.15) is 100 Å². The van der Waals surface area contributed by atoms with Crippen LogP contribution < -0.4 is 0 Å². The van der Waals surface area contributed by atoms with E-state index in [1.165, 1.54) is 51.0 Å². The molecule has 0 saturated heterocycles. The van der Waals surface area contributed by atoms with Crippen LogP contribution in [0.15, 0.2) is 12.1 Å². The van der Waals surface area contributed by atoms with Gasteiger partial charge in [0.1, 0.15) is 5.83 Å². The average molecular weight is 364 g/mol. The van der Waals surface area contributed by atoms with E-state index in [2.05, 4.69) is 6.92 Å². The van der Waals surface area contributed by atoms with E-state index in [4.69, 9.17) is 0 Å². The van der Waals surface area contributed by atoms with Crippen molar-refractivity contribution in [1.82, 2.24) is 0 Å². The SMILES string of the molecule is CCCCCCCCC1CCC(c2cc3c(c(F)c2F)C(F)=CC3)CC1. The molecule has 0 amide bonds. The Hall–Kier alpha value is -1.25. The molecule has 3 rings (SSSR count). The van der Waals surface area contributed by atoms with Gasteiger partial charge in [0.05, 0.1) is 5.56 Å². The summed E-state index contributed by atoms with van der Waals surface area (Å²) in [4.78, 5) is 0. The number of rotatable bonds is 8. The third-order valence-corrected chi connectivity index (χ3v) is 6.31. The van der Waals surface area contributed by atoms with Crippen LogP contribution in [0.3, 0.4) is 0 Å².